The molecule has 2 aromatic rings. The van der Waals surface area contributed by atoms with Crippen molar-refractivity contribution in [1.29, 1.82) is 0 Å². The van der Waals surface area contributed by atoms with Gasteiger partial charge in [-0.3, -0.25) is 9.78 Å². The third-order valence-electron chi connectivity index (χ3n) is 4.43. The Kier molecular flexibility index (Phi) is 5.05. The summed E-state index contributed by atoms with van der Waals surface area (Å²) in [7, 11) is 0. The van der Waals surface area contributed by atoms with Gasteiger partial charge in [0, 0.05) is 42.8 Å². The molecule has 0 saturated carbocycles. The molecule has 1 aliphatic heterocycles. The van der Waals surface area contributed by atoms with Gasteiger partial charge in [0.05, 0.1) is 6.20 Å². The van der Waals surface area contributed by atoms with Gasteiger partial charge in [-0.15, -0.1) is 0 Å². The van der Waals surface area contributed by atoms with E-state index in [-0.39, 0.29) is 11.9 Å². The van der Waals surface area contributed by atoms with Crippen LogP contribution in [0.5, 0.6) is 0 Å². The molecule has 1 fully saturated rings. The van der Waals surface area contributed by atoms with Crippen LogP contribution in [0.3, 0.4) is 0 Å². The molecule has 1 aliphatic rings. The molecule has 0 spiro atoms. The van der Waals surface area contributed by atoms with Crippen molar-refractivity contribution in [2.24, 2.45) is 11.7 Å². The van der Waals surface area contributed by atoms with Gasteiger partial charge in [-0.05, 0) is 43.9 Å². The van der Waals surface area contributed by atoms with Crippen LogP contribution >= 0.6 is 0 Å². The second-order valence-electron chi connectivity index (χ2n) is 6.31. The molecule has 1 saturated heterocycles. The van der Waals surface area contributed by atoms with E-state index in [2.05, 4.69) is 15.3 Å². The number of benzene rings is 1. The molecule has 0 unspecified atom stereocenters. The van der Waals surface area contributed by atoms with Crippen molar-refractivity contribution in [3.8, 4) is 0 Å². The lowest BCUT2D eigenvalue weighted by molar-refractivity contribution is 0.0661. The zero-order chi connectivity index (χ0) is 16.9. The summed E-state index contributed by atoms with van der Waals surface area (Å²) < 4.78 is 0. The first-order valence-corrected chi connectivity index (χ1v) is 8.31. The van der Waals surface area contributed by atoms with Crippen molar-refractivity contribution in [2.75, 3.05) is 18.4 Å². The fourth-order valence-corrected chi connectivity index (χ4v) is 3.05. The van der Waals surface area contributed by atoms with Gasteiger partial charge in [0.1, 0.15) is 5.82 Å². The number of aromatic nitrogens is 2. The summed E-state index contributed by atoms with van der Waals surface area (Å²) in [5, 5.41) is 3.16. The number of nitrogens with zero attached hydrogens (tertiary/aromatic N) is 3. The molecular weight excluding hydrogens is 302 g/mol. The summed E-state index contributed by atoms with van der Waals surface area (Å²) in [6, 6.07) is 7.60. The van der Waals surface area contributed by atoms with Crippen molar-refractivity contribution < 1.29 is 4.79 Å². The zero-order valence-corrected chi connectivity index (χ0v) is 13.9. The van der Waals surface area contributed by atoms with Gasteiger partial charge in [-0.1, -0.05) is 6.07 Å². The van der Waals surface area contributed by atoms with Gasteiger partial charge in [0.15, 0.2) is 0 Å². The molecule has 6 nitrogen and oxygen atoms in total. The number of carbonyl (C=O) groups excluding carboxylic acids is 1. The minimum atomic E-state index is 0.0585. The molecule has 2 atom stereocenters. The van der Waals surface area contributed by atoms with Crippen molar-refractivity contribution >= 4 is 17.4 Å². The summed E-state index contributed by atoms with van der Waals surface area (Å²) in [4.78, 5) is 22.9. The number of hydrogen-bond donors (Lipinski definition) is 2. The largest absolute Gasteiger partial charge is 0.339 e. The Balaban J connectivity index is 1.72. The fraction of sp³-hybridized carbons (Fsp3) is 0.389. The number of nitrogens with two attached hydrogens (primary N) is 1. The van der Waals surface area contributed by atoms with Crippen LogP contribution in [0, 0.1) is 5.92 Å². The number of hydrogen-bond acceptors (Lipinski definition) is 5. The molecule has 0 radical (unpaired) electrons. The Labute approximate surface area is 142 Å². The van der Waals surface area contributed by atoms with E-state index >= 15 is 0 Å². The number of amides is 1. The van der Waals surface area contributed by atoms with E-state index in [4.69, 9.17) is 5.73 Å². The Hall–Kier alpha value is -2.47. The van der Waals surface area contributed by atoms with Gasteiger partial charge in [-0.25, -0.2) is 4.98 Å². The van der Waals surface area contributed by atoms with Crippen LogP contribution in [-0.4, -0.2) is 39.9 Å². The van der Waals surface area contributed by atoms with Crippen LogP contribution < -0.4 is 11.1 Å². The predicted molar refractivity (Wildman–Crippen MR) is 94.0 cm³/mol. The van der Waals surface area contributed by atoms with Crippen LogP contribution in [0.2, 0.25) is 0 Å². The molecule has 1 aromatic heterocycles. The average Bonchev–Trinajstić information content (AvgIpc) is 2.62. The van der Waals surface area contributed by atoms with Crippen molar-refractivity contribution in [2.45, 2.75) is 25.8 Å². The maximum atomic E-state index is 12.8. The number of rotatable bonds is 4. The van der Waals surface area contributed by atoms with Gasteiger partial charge in [0.25, 0.3) is 5.91 Å². The first-order valence-electron chi connectivity index (χ1n) is 8.31. The van der Waals surface area contributed by atoms with Gasteiger partial charge in [0.2, 0.25) is 0 Å². The van der Waals surface area contributed by atoms with Crippen LogP contribution in [0.4, 0.5) is 11.5 Å². The van der Waals surface area contributed by atoms with E-state index < -0.39 is 0 Å². The fourth-order valence-electron chi connectivity index (χ4n) is 3.05. The molecule has 24 heavy (non-hydrogen) atoms. The van der Waals surface area contributed by atoms with Crippen molar-refractivity contribution in [3.05, 3.63) is 48.4 Å². The predicted octanol–water partition coefficient (Wildman–Crippen LogP) is 2.42. The van der Waals surface area contributed by atoms with E-state index in [0.29, 0.717) is 17.3 Å². The monoisotopic (exact) mass is 325 g/mol. The average molecular weight is 325 g/mol. The number of carbonyl (C=O) groups is 1. The maximum absolute atomic E-state index is 12.8. The van der Waals surface area contributed by atoms with E-state index in [9.17, 15) is 4.79 Å². The van der Waals surface area contributed by atoms with E-state index in [1.54, 1.807) is 18.6 Å². The summed E-state index contributed by atoms with van der Waals surface area (Å²) >= 11 is 0. The highest BCUT2D eigenvalue weighted by Gasteiger charge is 2.26. The van der Waals surface area contributed by atoms with Crippen molar-refractivity contribution in [3.63, 3.8) is 0 Å². The quantitative estimate of drug-likeness (QED) is 0.902. The van der Waals surface area contributed by atoms with Crippen LogP contribution in [-0.2, 0) is 0 Å². The Bertz CT molecular complexity index is 689. The van der Waals surface area contributed by atoms with Crippen LogP contribution in [0.25, 0.3) is 0 Å². The van der Waals surface area contributed by atoms with Crippen LogP contribution in [0.15, 0.2) is 42.9 Å². The molecule has 0 bridgehead atoms. The topological polar surface area (TPSA) is 84.1 Å². The summed E-state index contributed by atoms with van der Waals surface area (Å²) in [6.45, 7) is 3.55. The SMILES string of the molecule is C[C@H](N)[C@H]1CCCN(C(=O)c2cccc(Nc3cnccn3)c2)C1. The van der Waals surface area contributed by atoms with E-state index in [1.165, 1.54) is 0 Å². The van der Waals surface area contributed by atoms with E-state index in [0.717, 1.165) is 31.6 Å². The molecule has 126 valence electrons. The van der Waals surface area contributed by atoms with Gasteiger partial charge >= 0.3 is 0 Å². The molecule has 3 rings (SSSR count). The van der Waals surface area contributed by atoms with E-state index in [1.807, 2.05) is 36.1 Å². The standard InChI is InChI=1S/C18H23N5O/c1-13(19)15-5-3-9-23(12-15)18(24)14-4-2-6-16(10-14)22-17-11-20-7-8-21-17/h2,4,6-8,10-11,13,15H,3,5,9,12,19H2,1H3,(H,21,22)/t13-,15-/m0/s1. The molecule has 6 heteroatoms. The minimum absolute atomic E-state index is 0.0585. The highest BCUT2D eigenvalue weighted by atomic mass is 16.2. The Morgan fingerprint density at radius 3 is 3.04 bits per heavy atom. The van der Waals surface area contributed by atoms with Crippen LogP contribution in [0.1, 0.15) is 30.1 Å². The smallest absolute Gasteiger partial charge is 0.253 e. The number of anilines is 2. The molecule has 0 aliphatic carbocycles. The van der Waals surface area contributed by atoms with Gasteiger partial charge < -0.3 is 16.0 Å². The second kappa shape index (κ2) is 7.40. The molecule has 2 heterocycles. The summed E-state index contributed by atoms with van der Waals surface area (Å²) in [5.41, 5.74) is 7.51. The summed E-state index contributed by atoms with van der Waals surface area (Å²) in [6.07, 6.45) is 6.99. The molecular formula is C18H23N5O. The highest BCUT2D eigenvalue weighted by Crippen LogP contribution is 2.22. The third-order valence-corrected chi connectivity index (χ3v) is 4.43. The number of piperidine rings is 1. The van der Waals surface area contributed by atoms with Gasteiger partial charge in [-0.2, -0.15) is 0 Å². The number of likely N-dealkylation sites (tertiary alicyclic amines) is 1. The first-order chi connectivity index (χ1) is 11.6. The summed E-state index contributed by atoms with van der Waals surface area (Å²) in [5.74, 6) is 1.09. The molecule has 3 N–H and O–H groups in total. The normalized spacial score (nSPS) is 18.9. The minimum Gasteiger partial charge on any atom is -0.339 e. The molecule has 1 amide bonds. The maximum Gasteiger partial charge on any atom is 0.253 e. The lowest BCUT2D eigenvalue weighted by Crippen LogP contribution is -2.45. The third kappa shape index (κ3) is 3.89. The zero-order valence-electron chi connectivity index (χ0n) is 13.9. The molecule has 1 aromatic carbocycles. The lowest BCUT2D eigenvalue weighted by Gasteiger charge is -2.34. The highest BCUT2D eigenvalue weighted by molar-refractivity contribution is 5.95. The lowest BCUT2D eigenvalue weighted by atomic mass is 9.92. The second-order valence-corrected chi connectivity index (χ2v) is 6.31. The number of nitrogens with one attached hydrogen (secondary N) is 1. The first kappa shape index (κ1) is 16.4. The Morgan fingerprint density at radius 1 is 1.42 bits per heavy atom. The van der Waals surface area contributed by atoms with Crippen molar-refractivity contribution in [1.82, 2.24) is 14.9 Å². The Morgan fingerprint density at radius 2 is 2.29 bits per heavy atom.